The van der Waals surface area contributed by atoms with Gasteiger partial charge in [-0.3, -0.25) is 4.79 Å². The summed E-state index contributed by atoms with van der Waals surface area (Å²) in [6.45, 7) is 2.98. The van der Waals surface area contributed by atoms with E-state index in [9.17, 15) is 4.79 Å². The number of rotatable bonds is 4. The van der Waals surface area contributed by atoms with E-state index in [0.717, 1.165) is 19.6 Å². The molecule has 0 amide bonds. The number of hydrogen-bond acceptors (Lipinski definition) is 4. The van der Waals surface area contributed by atoms with Gasteiger partial charge in [0.25, 0.3) is 0 Å². The van der Waals surface area contributed by atoms with Crippen LogP contribution in [0.25, 0.3) is 0 Å². The lowest BCUT2D eigenvalue weighted by atomic mass is 10.2. The summed E-state index contributed by atoms with van der Waals surface area (Å²) in [6, 6.07) is -0.187. The van der Waals surface area contributed by atoms with Gasteiger partial charge in [-0.2, -0.15) is 0 Å². The van der Waals surface area contributed by atoms with Gasteiger partial charge in [0.05, 0.1) is 7.11 Å². The van der Waals surface area contributed by atoms with Gasteiger partial charge in [0, 0.05) is 6.54 Å². The molecule has 0 spiro atoms. The van der Waals surface area contributed by atoms with Crippen molar-refractivity contribution in [2.45, 2.75) is 31.7 Å². The molecule has 1 N–H and O–H groups in total. The highest BCUT2D eigenvalue weighted by molar-refractivity contribution is 5.75. The number of ether oxygens (including phenoxy) is 1. The number of likely N-dealkylation sites (tertiary alicyclic amines) is 1. The monoisotopic (exact) mass is 214 g/mol. The molecular weight excluding hydrogens is 192 g/mol. The predicted octanol–water partition coefficient (Wildman–Crippen LogP) is 0.623. The van der Waals surface area contributed by atoms with Crippen LogP contribution < -0.4 is 5.32 Å². The molecule has 1 aliphatic heterocycles. The van der Waals surface area contributed by atoms with Crippen LogP contribution in [0.1, 0.15) is 25.7 Å². The van der Waals surface area contributed by atoms with Gasteiger partial charge in [-0.1, -0.05) is 12.8 Å². The molecule has 1 atom stereocenters. The van der Waals surface area contributed by atoms with Gasteiger partial charge < -0.3 is 15.0 Å². The fourth-order valence-corrected chi connectivity index (χ4v) is 2.00. The Bertz CT molecular complexity index is 189. The zero-order chi connectivity index (χ0) is 11.1. The normalized spacial score (nSPS) is 20.7. The van der Waals surface area contributed by atoms with Gasteiger partial charge in [0.2, 0.25) is 0 Å². The van der Waals surface area contributed by atoms with Gasteiger partial charge in [-0.05, 0) is 33.0 Å². The average molecular weight is 214 g/mol. The first-order valence-corrected chi connectivity index (χ1v) is 5.75. The van der Waals surface area contributed by atoms with Crippen molar-refractivity contribution < 1.29 is 9.53 Å². The van der Waals surface area contributed by atoms with Crippen molar-refractivity contribution in [3.63, 3.8) is 0 Å². The standard InChI is InChI=1S/C11H22N2O2/c1-12-10(11(14)15-2)9-13-7-5-3-4-6-8-13/h10,12H,3-9H2,1-2H3. The first-order chi connectivity index (χ1) is 7.27. The molecule has 1 fully saturated rings. The molecule has 0 aliphatic carbocycles. The third-order valence-corrected chi connectivity index (χ3v) is 2.97. The molecule has 4 nitrogen and oxygen atoms in total. The molecule has 0 bridgehead atoms. The highest BCUT2D eigenvalue weighted by Crippen LogP contribution is 2.09. The van der Waals surface area contributed by atoms with Gasteiger partial charge in [-0.15, -0.1) is 0 Å². The molecule has 0 radical (unpaired) electrons. The van der Waals surface area contributed by atoms with E-state index in [-0.39, 0.29) is 12.0 Å². The maximum atomic E-state index is 11.4. The van der Waals surface area contributed by atoms with Crippen molar-refractivity contribution in [2.24, 2.45) is 0 Å². The summed E-state index contributed by atoms with van der Waals surface area (Å²) in [5.74, 6) is -0.165. The summed E-state index contributed by atoms with van der Waals surface area (Å²) >= 11 is 0. The van der Waals surface area contributed by atoms with E-state index in [1.807, 2.05) is 0 Å². The van der Waals surface area contributed by atoms with Gasteiger partial charge in [-0.25, -0.2) is 0 Å². The third kappa shape index (κ3) is 4.18. The second-order valence-electron chi connectivity index (χ2n) is 4.08. The summed E-state index contributed by atoms with van der Waals surface area (Å²) in [7, 11) is 3.24. The van der Waals surface area contributed by atoms with Crippen LogP contribution in [0.5, 0.6) is 0 Å². The number of nitrogens with zero attached hydrogens (tertiary/aromatic N) is 1. The van der Waals surface area contributed by atoms with Crippen LogP contribution in [-0.2, 0) is 9.53 Å². The smallest absolute Gasteiger partial charge is 0.324 e. The first kappa shape index (κ1) is 12.5. The zero-order valence-corrected chi connectivity index (χ0v) is 9.79. The fraction of sp³-hybridized carbons (Fsp3) is 0.909. The van der Waals surface area contributed by atoms with E-state index in [4.69, 9.17) is 4.74 Å². The Morgan fingerprint density at radius 2 is 1.93 bits per heavy atom. The van der Waals surface area contributed by atoms with Crippen molar-refractivity contribution in [3.8, 4) is 0 Å². The fourth-order valence-electron chi connectivity index (χ4n) is 2.00. The van der Waals surface area contributed by atoms with Gasteiger partial charge in [0.15, 0.2) is 0 Å². The van der Waals surface area contributed by atoms with Crippen molar-refractivity contribution in [1.82, 2.24) is 10.2 Å². The van der Waals surface area contributed by atoms with E-state index in [0.29, 0.717) is 0 Å². The molecule has 4 heteroatoms. The van der Waals surface area contributed by atoms with E-state index < -0.39 is 0 Å². The maximum absolute atomic E-state index is 11.4. The quantitative estimate of drug-likeness (QED) is 0.697. The molecule has 1 saturated heterocycles. The Morgan fingerprint density at radius 3 is 2.40 bits per heavy atom. The van der Waals surface area contributed by atoms with Crippen molar-refractivity contribution in [2.75, 3.05) is 33.8 Å². The Labute approximate surface area is 92.0 Å². The summed E-state index contributed by atoms with van der Waals surface area (Å²) in [5, 5.41) is 3.00. The van der Waals surface area contributed by atoms with Crippen molar-refractivity contribution >= 4 is 5.97 Å². The molecular formula is C11H22N2O2. The highest BCUT2D eigenvalue weighted by Gasteiger charge is 2.20. The topological polar surface area (TPSA) is 41.6 Å². The van der Waals surface area contributed by atoms with Crippen molar-refractivity contribution in [3.05, 3.63) is 0 Å². The van der Waals surface area contributed by atoms with E-state index in [1.54, 1.807) is 7.05 Å². The van der Waals surface area contributed by atoms with Crippen LogP contribution in [0.4, 0.5) is 0 Å². The minimum absolute atomic E-state index is 0.165. The van der Waals surface area contributed by atoms with Crippen LogP contribution in [0.3, 0.4) is 0 Å². The molecule has 1 heterocycles. The number of methoxy groups -OCH3 is 1. The van der Waals surface area contributed by atoms with E-state index in [1.165, 1.54) is 32.8 Å². The highest BCUT2D eigenvalue weighted by atomic mass is 16.5. The summed E-state index contributed by atoms with van der Waals surface area (Å²) < 4.78 is 4.75. The lowest BCUT2D eigenvalue weighted by Gasteiger charge is -2.24. The number of likely N-dealkylation sites (N-methyl/N-ethyl adjacent to an activating group) is 1. The maximum Gasteiger partial charge on any atom is 0.324 e. The largest absolute Gasteiger partial charge is 0.468 e. The Kier molecular flexibility index (Phi) is 5.65. The summed E-state index contributed by atoms with van der Waals surface area (Å²) in [4.78, 5) is 13.7. The molecule has 1 rings (SSSR count). The molecule has 1 unspecified atom stereocenters. The second kappa shape index (κ2) is 6.80. The number of carbonyl (C=O) groups is 1. The summed E-state index contributed by atoms with van der Waals surface area (Å²) in [6.07, 6.45) is 5.13. The summed E-state index contributed by atoms with van der Waals surface area (Å²) in [5.41, 5.74) is 0. The van der Waals surface area contributed by atoms with Crippen LogP contribution in [0.15, 0.2) is 0 Å². The Balaban J connectivity index is 2.38. The number of nitrogens with one attached hydrogen (secondary N) is 1. The Morgan fingerprint density at radius 1 is 1.33 bits per heavy atom. The van der Waals surface area contributed by atoms with Crippen LogP contribution in [0, 0.1) is 0 Å². The molecule has 0 aromatic heterocycles. The zero-order valence-electron chi connectivity index (χ0n) is 9.79. The lowest BCUT2D eigenvalue weighted by Crippen LogP contribution is -2.45. The second-order valence-corrected chi connectivity index (χ2v) is 4.08. The van der Waals surface area contributed by atoms with Gasteiger partial charge >= 0.3 is 5.97 Å². The third-order valence-electron chi connectivity index (χ3n) is 2.97. The predicted molar refractivity (Wildman–Crippen MR) is 59.8 cm³/mol. The molecule has 0 aromatic rings. The minimum Gasteiger partial charge on any atom is -0.468 e. The van der Waals surface area contributed by atoms with Gasteiger partial charge in [0.1, 0.15) is 6.04 Å². The minimum atomic E-state index is -0.187. The van der Waals surface area contributed by atoms with E-state index in [2.05, 4.69) is 10.2 Å². The average Bonchev–Trinajstić information content (AvgIpc) is 2.53. The van der Waals surface area contributed by atoms with Crippen LogP contribution in [0.2, 0.25) is 0 Å². The van der Waals surface area contributed by atoms with Crippen LogP contribution >= 0.6 is 0 Å². The van der Waals surface area contributed by atoms with Crippen LogP contribution in [-0.4, -0.2) is 50.7 Å². The van der Waals surface area contributed by atoms with E-state index >= 15 is 0 Å². The SMILES string of the molecule is CNC(CN1CCCCCC1)C(=O)OC. The number of hydrogen-bond donors (Lipinski definition) is 1. The molecule has 1 aliphatic rings. The first-order valence-electron chi connectivity index (χ1n) is 5.75. The lowest BCUT2D eigenvalue weighted by molar-refractivity contribution is -0.143. The number of carbonyl (C=O) groups excluding carboxylic acids is 1. The number of esters is 1. The molecule has 88 valence electrons. The Hall–Kier alpha value is -0.610. The molecule has 0 saturated carbocycles. The van der Waals surface area contributed by atoms with Crippen molar-refractivity contribution in [1.29, 1.82) is 0 Å². The molecule has 15 heavy (non-hydrogen) atoms. The molecule has 0 aromatic carbocycles.